The molecule has 2 aromatic rings. The van der Waals surface area contributed by atoms with Crippen molar-refractivity contribution >= 4 is 22.0 Å². The molecule has 2 aliphatic rings. The summed E-state index contributed by atoms with van der Waals surface area (Å²) in [5.74, 6) is -1.41. The molecule has 154 valence electrons. The number of hydrogen-bond donors (Lipinski definition) is 2. The fraction of sp³-hybridized carbons (Fsp3) is 0.389. The third-order valence-corrected chi connectivity index (χ3v) is 6.83. The molecule has 2 unspecified atom stereocenters. The molecule has 1 fully saturated rings. The van der Waals surface area contributed by atoms with Crippen molar-refractivity contribution in [2.75, 3.05) is 13.1 Å². The summed E-state index contributed by atoms with van der Waals surface area (Å²) in [7, 11) is -3.75. The van der Waals surface area contributed by atoms with Crippen molar-refractivity contribution < 1.29 is 36.9 Å². The van der Waals surface area contributed by atoms with Gasteiger partial charge in [-0.25, -0.2) is 32.2 Å². The summed E-state index contributed by atoms with van der Waals surface area (Å²) in [5.41, 5.74) is 0.904. The maximum Gasteiger partial charge on any atom is 0.397 e. The highest BCUT2D eigenvalue weighted by molar-refractivity contribution is 7.89. The van der Waals surface area contributed by atoms with Crippen molar-refractivity contribution in [2.45, 2.75) is 37.2 Å². The summed E-state index contributed by atoms with van der Waals surface area (Å²) >= 11 is 0. The topological polar surface area (TPSA) is 133 Å². The highest BCUT2D eigenvalue weighted by atomic mass is 32.2. The number of carboxylic acid groups (broad SMARTS) is 1. The molecule has 0 radical (unpaired) electrons. The van der Waals surface area contributed by atoms with Crippen molar-refractivity contribution in [2.24, 2.45) is 5.14 Å². The second kappa shape index (κ2) is 6.37. The summed E-state index contributed by atoms with van der Waals surface area (Å²) in [4.78, 5) is 23.4. The molecule has 1 aromatic heterocycles. The Kier molecular flexibility index (Phi) is 4.30. The Balaban J connectivity index is 1.61. The number of nitrogens with two attached hydrogens (primary N) is 1. The number of hydrogen-bond acceptors (Lipinski definition) is 5. The van der Waals surface area contributed by atoms with Crippen molar-refractivity contribution in [3.63, 3.8) is 0 Å². The zero-order valence-electron chi connectivity index (χ0n) is 15.8. The van der Waals surface area contributed by atoms with Crippen LogP contribution in [-0.2, 0) is 49.7 Å². The monoisotopic (exact) mass is 422 g/mol. The molecule has 0 amide bonds. The van der Waals surface area contributed by atoms with E-state index in [1.165, 1.54) is 12.1 Å². The van der Waals surface area contributed by atoms with Crippen LogP contribution in [0.15, 0.2) is 41.6 Å². The first kappa shape index (κ1) is 19.6. The minimum absolute atomic E-state index is 0.0460. The normalized spacial score (nSPS) is 25.5. The lowest BCUT2D eigenvalue weighted by Crippen LogP contribution is -2.56. The van der Waals surface area contributed by atoms with Gasteiger partial charge in [0.15, 0.2) is 19.6 Å². The largest absolute Gasteiger partial charge is 0.478 e. The number of fused-ring (bicyclic) bond motifs is 3. The molecular weight excluding hydrogens is 400 g/mol. The first-order chi connectivity index (χ1) is 13.5. The third kappa shape index (κ3) is 3.11. The van der Waals surface area contributed by atoms with Crippen LogP contribution in [-0.4, -0.2) is 47.6 Å². The van der Waals surface area contributed by atoms with E-state index in [-0.39, 0.29) is 24.0 Å². The number of ether oxygens (including phenoxy) is 1. The Bertz CT molecular complexity index is 1110. The molecule has 1 aromatic carbocycles. The number of carbonyl (C=O) groups is 2. The van der Waals surface area contributed by atoms with Crippen LogP contribution < -0.4 is 9.71 Å². The lowest BCUT2D eigenvalue weighted by atomic mass is 10.1. The number of nitrogens with zero attached hydrogens (tertiary/aromatic N) is 3. The van der Waals surface area contributed by atoms with Gasteiger partial charge in [0.1, 0.15) is 12.4 Å². The van der Waals surface area contributed by atoms with Crippen LogP contribution in [0.1, 0.15) is 18.3 Å². The number of primary sulfonamides is 1. The van der Waals surface area contributed by atoms with Gasteiger partial charge in [0.25, 0.3) is 0 Å². The maximum absolute atomic E-state index is 12.2. The minimum atomic E-state index is -3.75. The van der Waals surface area contributed by atoms with E-state index in [1.54, 1.807) is 29.1 Å². The third-order valence-electron chi connectivity index (χ3n) is 5.90. The summed E-state index contributed by atoms with van der Waals surface area (Å²) in [5, 5.41) is 14.3. The number of carboxylic acids is 1. The van der Waals surface area contributed by atoms with Gasteiger partial charge < -0.3 is 9.84 Å². The van der Waals surface area contributed by atoms with Crippen molar-refractivity contribution in [1.29, 1.82) is 0 Å². The van der Waals surface area contributed by atoms with Crippen LogP contribution in [0.25, 0.3) is 0 Å². The number of quaternary nitrogens is 1. The fourth-order valence-electron chi connectivity index (χ4n) is 4.34. The van der Waals surface area contributed by atoms with Gasteiger partial charge >= 0.3 is 23.6 Å². The van der Waals surface area contributed by atoms with Gasteiger partial charge in [-0.1, -0.05) is 12.1 Å². The van der Waals surface area contributed by atoms with E-state index >= 15 is 0 Å². The first-order valence-electron chi connectivity index (χ1n) is 9.06. The number of sulfonamides is 1. The van der Waals surface area contributed by atoms with Gasteiger partial charge in [-0.05, 0) is 17.7 Å². The number of aliphatic carboxylic acids is 1. The van der Waals surface area contributed by atoms with Gasteiger partial charge in [-0.2, -0.15) is 0 Å². The summed E-state index contributed by atoms with van der Waals surface area (Å²) in [6.07, 6.45) is 4.01. The van der Waals surface area contributed by atoms with Crippen molar-refractivity contribution in [3.05, 3.63) is 48.0 Å². The number of carbonyl (C=O) groups excluding carboxylic acids is 1. The molecule has 3 N–H and O–H groups in total. The summed E-state index contributed by atoms with van der Waals surface area (Å²) in [6, 6.07) is 6.33. The molecule has 10 nitrogen and oxygen atoms in total. The molecule has 4 rings (SSSR count). The predicted molar refractivity (Wildman–Crippen MR) is 97.2 cm³/mol. The second-order valence-electron chi connectivity index (χ2n) is 7.64. The minimum Gasteiger partial charge on any atom is -0.478 e. The summed E-state index contributed by atoms with van der Waals surface area (Å²) in [6.45, 7) is 2.87. The van der Waals surface area contributed by atoms with E-state index in [0.29, 0.717) is 24.0 Å². The Morgan fingerprint density at radius 2 is 2.03 bits per heavy atom. The summed E-state index contributed by atoms with van der Waals surface area (Å²) < 4.78 is 32.4. The Labute approximate surface area is 167 Å². The molecule has 0 bridgehead atoms. The number of aromatic nitrogens is 2. The zero-order valence-corrected chi connectivity index (χ0v) is 16.6. The Morgan fingerprint density at radius 1 is 1.34 bits per heavy atom. The number of benzene rings is 1. The van der Waals surface area contributed by atoms with E-state index in [9.17, 15) is 18.0 Å². The molecule has 1 saturated heterocycles. The Hall–Kier alpha value is -2.76. The second-order valence-corrected chi connectivity index (χ2v) is 9.20. The van der Waals surface area contributed by atoms with Crippen LogP contribution in [0.3, 0.4) is 0 Å². The van der Waals surface area contributed by atoms with E-state index < -0.39 is 21.8 Å². The average Bonchev–Trinajstić information content (AvgIpc) is 3.18. The molecule has 0 spiro atoms. The molecule has 11 heteroatoms. The predicted octanol–water partition coefficient (Wildman–Crippen LogP) is -0.732. The Morgan fingerprint density at radius 3 is 2.66 bits per heavy atom. The zero-order chi connectivity index (χ0) is 21.0. The molecule has 29 heavy (non-hydrogen) atoms. The molecular formula is C18H22N4O6S+2. The lowest BCUT2D eigenvalue weighted by molar-refractivity contribution is -0.999. The van der Waals surface area contributed by atoms with Crippen LogP contribution in [0.5, 0.6) is 0 Å². The molecule has 2 aliphatic heterocycles. The van der Waals surface area contributed by atoms with Crippen LogP contribution in [0.4, 0.5) is 0 Å². The van der Waals surface area contributed by atoms with Gasteiger partial charge in [-0.3, -0.25) is 0 Å². The highest BCUT2D eigenvalue weighted by Gasteiger charge is 2.69. The van der Waals surface area contributed by atoms with Gasteiger partial charge in [0.2, 0.25) is 10.0 Å². The van der Waals surface area contributed by atoms with Crippen molar-refractivity contribution in [1.82, 2.24) is 4.57 Å². The number of imidazole rings is 1. The van der Waals surface area contributed by atoms with E-state index in [1.807, 2.05) is 11.5 Å². The molecule has 0 saturated carbocycles. The highest BCUT2D eigenvalue weighted by Crippen LogP contribution is 2.44. The van der Waals surface area contributed by atoms with E-state index in [0.717, 1.165) is 11.4 Å². The van der Waals surface area contributed by atoms with Crippen molar-refractivity contribution in [3.8, 4) is 0 Å². The maximum atomic E-state index is 12.2. The van der Waals surface area contributed by atoms with Crippen LogP contribution in [0, 0.1) is 0 Å². The molecule has 2 atom stereocenters. The SMILES string of the molecule is CC12OC(=O)C[N+]1(CCc1ccc(S(N)(=O)=O)cc1)Cc1n2cc[n+]1CC(=O)O. The standard InChI is InChI=1S/C18H20N4O6S/c1-18-21-8-7-20(10-16(23)24)15(21)11-22(18,12-17(25)28-18)9-6-13-2-4-14(5-3-13)29(19,26)27/h2-5,7-8H,6,9-12H2,1H3,(H-2,19,23,24,26,27)/p+2. The quantitative estimate of drug-likeness (QED) is 0.358. The van der Waals surface area contributed by atoms with E-state index in [2.05, 4.69) is 0 Å². The smallest absolute Gasteiger partial charge is 0.397 e. The van der Waals surface area contributed by atoms with E-state index in [4.69, 9.17) is 15.0 Å². The molecule has 0 aliphatic carbocycles. The van der Waals surface area contributed by atoms with Gasteiger partial charge in [0.05, 0.1) is 18.4 Å². The van der Waals surface area contributed by atoms with Crippen LogP contribution in [0.2, 0.25) is 0 Å². The van der Waals surface area contributed by atoms with Crippen LogP contribution >= 0.6 is 0 Å². The fourth-order valence-corrected chi connectivity index (χ4v) is 4.85. The number of esters is 1. The molecule has 3 heterocycles. The average molecular weight is 422 g/mol. The van der Waals surface area contributed by atoms with Gasteiger partial charge in [0, 0.05) is 6.42 Å². The lowest BCUT2D eigenvalue weighted by Gasteiger charge is -2.34. The van der Waals surface area contributed by atoms with Gasteiger partial charge in [-0.15, -0.1) is 4.57 Å². The first-order valence-corrected chi connectivity index (χ1v) is 10.6. The number of rotatable bonds is 6.